The van der Waals surface area contributed by atoms with Gasteiger partial charge in [0.15, 0.2) is 4.80 Å². The number of nitrogens with one attached hydrogen (secondary N) is 1. The van der Waals surface area contributed by atoms with Gasteiger partial charge in [0.25, 0.3) is 0 Å². The van der Waals surface area contributed by atoms with Crippen molar-refractivity contribution in [3.63, 3.8) is 0 Å². The summed E-state index contributed by atoms with van der Waals surface area (Å²) in [5.41, 5.74) is 0.598. The van der Waals surface area contributed by atoms with Gasteiger partial charge in [0.05, 0.1) is 21.7 Å². The van der Waals surface area contributed by atoms with Crippen LogP contribution in [0.3, 0.4) is 0 Å². The summed E-state index contributed by atoms with van der Waals surface area (Å²) in [6, 6.07) is 4.28. The van der Waals surface area contributed by atoms with E-state index in [1.807, 2.05) is 0 Å². The van der Waals surface area contributed by atoms with E-state index in [0.717, 1.165) is 11.3 Å². The first kappa shape index (κ1) is 17.8. The van der Waals surface area contributed by atoms with Gasteiger partial charge in [-0.15, -0.1) is 17.0 Å². The van der Waals surface area contributed by atoms with E-state index in [2.05, 4.69) is 0 Å². The molecule has 10 heteroatoms. The Morgan fingerprint density at radius 1 is 1.48 bits per heavy atom. The van der Waals surface area contributed by atoms with Crippen molar-refractivity contribution in [2.24, 2.45) is 5.14 Å². The first-order chi connectivity index (χ1) is 9.32. The van der Waals surface area contributed by atoms with Crippen LogP contribution in [0.5, 0.6) is 0 Å². The molecule has 3 N–H and O–H groups in total. The van der Waals surface area contributed by atoms with Crippen LogP contribution in [0.15, 0.2) is 23.1 Å². The minimum atomic E-state index is -3.78. The molecule has 0 radical (unpaired) electrons. The Morgan fingerprint density at radius 3 is 2.71 bits per heavy atom. The lowest BCUT2D eigenvalue weighted by molar-refractivity contribution is -0.143. The van der Waals surface area contributed by atoms with E-state index < -0.39 is 16.0 Å². The molecule has 2 aromatic rings. The lowest BCUT2D eigenvalue weighted by atomic mass is 10.3. The maximum absolute atomic E-state index is 11.5. The van der Waals surface area contributed by atoms with E-state index in [1.54, 1.807) is 6.92 Å². The number of nitrogens with two attached hydrogens (primary N) is 1. The molecule has 116 valence electrons. The third-order valence-corrected chi connectivity index (χ3v) is 4.47. The van der Waals surface area contributed by atoms with Gasteiger partial charge in [0.2, 0.25) is 10.0 Å². The molecule has 0 unspecified atom stereocenters. The molecule has 0 fully saturated rings. The van der Waals surface area contributed by atoms with Gasteiger partial charge in [0.1, 0.15) is 6.54 Å². The number of aromatic nitrogens is 1. The Bertz CT molecular complexity index is 826. The number of primary sulfonamides is 1. The van der Waals surface area contributed by atoms with Crippen molar-refractivity contribution in [2.75, 3.05) is 6.61 Å². The number of sulfonamides is 1. The first-order valence-electron chi connectivity index (χ1n) is 5.69. The number of nitrogens with zero attached hydrogens (tertiary/aromatic N) is 1. The zero-order chi connectivity index (χ0) is 14.9. The Morgan fingerprint density at radius 2 is 2.14 bits per heavy atom. The predicted octanol–water partition coefficient (Wildman–Crippen LogP) is 0.971. The minimum absolute atomic E-state index is 0. The van der Waals surface area contributed by atoms with Crippen LogP contribution in [-0.4, -0.2) is 25.6 Å². The predicted molar refractivity (Wildman–Crippen MR) is 84.0 cm³/mol. The number of thiazole rings is 1. The molecule has 0 amide bonds. The number of halogens is 1. The standard InChI is InChI=1S/C11H13N3O4S2.BrH/c1-2-18-10(15)6-14-8-4-3-7(20(13,16)17)5-9(8)19-11(14)12;/h3-5,12H,2,6H2,1H3,(H2,13,16,17);1H. The second-order valence-corrected chi connectivity index (χ2v) is 6.56. The van der Waals surface area contributed by atoms with Crippen LogP contribution < -0.4 is 9.94 Å². The number of hydrogen-bond donors (Lipinski definition) is 2. The van der Waals surface area contributed by atoms with Crippen LogP contribution >= 0.6 is 28.3 Å². The monoisotopic (exact) mass is 395 g/mol. The van der Waals surface area contributed by atoms with Gasteiger partial charge in [-0.3, -0.25) is 10.2 Å². The summed E-state index contributed by atoms with van der Waals surface area (Å²) < 4.78 is 29.5. The van der Waals surface area contributed by atoms with E-state index in [4.69, 9.17) is 15.3 Å². The fourth-order valence-corrected chi connectivity index (χ4v) is 3.30. The summed E-state index contributed by atoms with van der Waals surface area (Å²) in [6.45, 7) is 1.89. The van der Waals surface area contributed by atoms with E-state index in [1.165, 1.54) is 22.8 Å². The third kappa shape index (κ3) is 3.90. The molecule has 0 spiro atoms. The van der Waals surface area contributed by atoms with Gasteiger partial charge in [0, 0.05) is 0 Å². The number of ether oxygens (including phenoxy) is 1. The molecule has 0 saturated heterocycles. The van der Waals surface area contributed by atoms with Crippen molar-refractivity contribution in [3.8, 4) is 0 Å². The summed E-state index contributed by atoms with van der Waals surface area (Å²) in [5, 5.41) is 12.9. The number of benzene rings is 1. The Hall–Kier alpha value is -1.23. The summed E-state index contributed by atoms with van der Waals surface area (Å²) in [7, 11) is -3.78. The molecule has 0 aliphatic rings. The second-order valence-electron chi connectivity index (χ2n) is 3.97. The van der Waals surface area contributed by atoms with E-state index in [0.29, 0.717) is 10.2 Å². The summed E-state index contributed by atoms with van der Waals surface area (Å²) in [6.07, 6.45) is 0. The first-order valence-corrected chi connectivity index (χ1v) is 8.05. The quantitative estimate of drug-likeness (QED) is 0.750. The molecule has 21 heavy (non-hydrogen) atoms. The molecule has 1 heterocycles. The largest absolute Gasteiger partial charge is 0.465 e. The van der Waals surface area contributed by atoms with Crippen molar-refractivity contribution in [3.05, 3.63) is 23.0 Å². The maximum Gasteiger partial charge on any atom is 0.326 e. The summed E-state index contributed by atoms with van der Waals surface area (Å²) in [5.74, 6) is -0.443. The molecule has 0 atom stereocenters. The normalized spacial score (nSPS) is 11.1. The second kappa shape index (κ2) is 6.69. The van der Waals surface area contributed by atoms with Gasteiger partial charge >= 0.3 is 5.97 Å². The highest BCUT2D eigenvalue weighted by atomic mass is 79.9. The lowest BCUT2D eigenvalue weighted by Crippen LogP contribution is -2.21. The van der Waals surface area contributed by atoms with Gasteiger partial charge in [-0.2, -0.15) is 0 Å². The maximum atomic E-state index is 11.5. The number of carbonyl (C=O) groups excluding carboxylic acids is 1. The number of esters is 1. The Labute approximate surface area is 135 Å². The number of rotatable bonds is 4. The van der Waals surface area contributed by atoms with Gasteiger partial charge < -0.3 is 9.30 Å². The molecule has 1 aromatic heterocycles. The summed E-state index contributed by atoms with van der Waals surface area (Å²) in [4.78, 5) is 11.6. The average molecular weight is 396 g/mol. The van der Waals surface area contributed by atoms with E-state index in [-0.39, 0.29) is 39.8 Å². The van der Waals surface area contributed by atoms with Gasteiger partial charge in [-0.1, -0.05) is 11.3 Å². The Balaban J connectivity index is 0.00000220. The van der Waals surface area contributed by atoms with Gasteiger partial charge in [-0.25, -0.2) is 13.6 Å². The highest BCUT2D eigenvalue weighted by Gasteiger charge is 2.14. The van der Waals surface area contributed by atoms with Crippen molar-refractivity contribution >= 4 is 54.5 Å². The molecule has 0 aliphatic heterocycles. The third-order valence-electron chi connectivity index (χ3n) is 2.59. The average Bonchev–Trinajstić information content (AvgIpc) is 2.64. The molecular formula is C11H14BrN3O4S2. The number of hydrogen-bond acceptors (Lipinski definition) is 6. The number of carbonyl (C=O) groups is 1. The molecule has 0 aliphatic carbocycles. The molecule has 0 bridgehead atoms. The van der Waals surface area contributed by atoms with Crippen LogP contribution in [0, 0.1) is 5.41 Å². The van der Waals surface area contributed by atoms with Crippen molar-refractivity contribution in [1.82, 2.24) is 4.57 Å². The van der Waals surface area contributed by atoms with Crippen molar-refractivity contribution in [2.45, 2.75) is 18.4 Å². The van der Waals surface area contributed by atoms with Crippen LogP contribution in [0.1, 0.15) is 6.92 Å². The smallest absolute Gasteiger partial charge is 0.326 e. The van der Waals surface area contributed by atoms with Crippen molar-refractivity contribution in [1.29, 1.82) is 5.41 Å². The van der Waals surface area contributed by atoms with Crippen LogP contribution in [0.2, 0.25) is 0 Å². The molecule has 7 nitrogen and oxygen atoms in total. The molecule has 2 rings (SSSR count). The number of fused-ring (bicyclic) bond motifs is 1. The highest BCUT2D eigenvalue weighted by Crippen LogP contribution is 2.21. The minimum Gasteiger partial charge on any atom is -0.465 e. The topological polar surface area (TPSA) is 115 Å². The zero-order valence-corrected chi connectivity index (χ0v) is 14.4. The molecular weight excluding hydrogens is 382 g/mol. The molecule has 1 aromatic carbocycles. The lowest BCUT2D eigenvalue weighted by Gasteiger charge is -2.05. The fraction of sp³-hybridized carbons (Fsp3) is 0.273. The SMILES string of the molecule is Br.CCOC(=O)Cn1c(=N)sc2cc(S(N)(=O)=O)ccc21. The van der Waals surface area contributed by atoms with Crippen LogP contribution in [0.25, 0.3) is 10.2 Å². The van der Waals surface area contributed by atoms with Crippen molar-refractivity contribution < 1.29 is 17.9 Å². The zero-order valence-electron chi connectivity index (χ0n) is 11.0. The fourth-order valence-electron chi connectivity index (χ4n) is 1.74. The van der Waals surface area contributed by atoms with Crippen LogP contribution in [-0.2, 0) is 26.1 Å². The van der Waals surface area contributed by atoms with Gasteiger partial charge in [-0.05, 0) is 25.1 Å². The van der Waals surface area contributed by atoms with E-state index in [9.17, 15) is 13.2 Å². The molecule has 0 saturated carbocycles. The Kier molecular flexibility index (Phi) is 5.68. The van der Waals surface area contributed by atoms with Crippen LogP contribution in [0.4, 0.5) is 0 Å². The summed E-state index contributed by atoms with van der Waals surface area (Å²) >= 11 is 1.07. The highest BCUT2D eigenvalue weighted by molar-refractivity contribution is 8.93. The van der Waals surface area contributed by atoms with E-state index >= 15 is 0 Å².